The second-order valence-corrected chi connectivity index (χ2v) is 12.3. The number of carbonyl (C=O) groups is 15. The van der Waals surface area contributed by atoms with Crippen LogP contribution in [0.5, 0.6) is 0 Å². The van der Waals surface area contributed by atoms with Gasteiger partial charge in [-0.25, -0.2) is 14.4 Å². The van der Waals surface area contributed by atoms with Crippen molar-refractivity contribution in [3.8, 4) is 0 Å². The molecule has 35 nitrogen and oxygen atoms in total. The van der Waals surface area contributed by atoms with Crippen LogP contribution in [-0.4, -0.2) is 189 Å². The first-order chi connectivity index (χ1) is 28.9. The molecule has 0 aliphatic heterocycles. The van der Waals surface area contributed by atoms with Gasteiger partial charge in [0.2, 0.25) is 0 Å². The van der Waals surface area contributed by atoms with E-state index in [2.05, 4.69) is 0 Å². The quantitative estimate of drug-likeness (QED) is 0.0378. The van der Waals surface area contributed by atoms with Crippen LogP contribution in [-0.2, 0) is 123 Å². The minimum absolute atomic E-state index is 0. The van der Waals surface area contributed by atoms with Crippen LogP contribution >= 0.6 is 0 Å². The molecule has 0 aliphatic carbocycles. The van der Waals surface area contributed by atoms with Gasteiger partial charge in [0.05, 0.1) is 50.5 Å². The van der Waals surface area contributed by atoms with Gasteiger partial charge in [-0.3, -0.25) is 28.8 Å². The Labute approximate surface area is 405 Å². The molecule has 385 valence electrons. The van der Waals surface area contributed by atoms with Crippen molar-refractivity contribution in [2.24, 2.45) is 0 Å². The Morgan fingerprint density at radius 3 is 0.426 bits per heavy atom. The molecule has 0 spiro atoms. The Hall–Kier alpha value is -6.59. The van der Waals surface area contributed by atoms with Crippen molar-refractivity contribution < 1.29 is 225 Å². The molecule has 0 aromatic heterocycles. The van der Waals surface area contributed by atoms with Crippen LogP contribution < -0.4 is 30.6 Å². The van der Waals surface area contributed by atoms with Crippen LogP contribution in [0.25, 0.3) is 0 Å². The smallest absolute Gasteiger partial charge is 0.550 e. The fourth-order valence-corrected chi connectivity index (χ4v) is 3.51. The van der Waals surface area contributed by atoms with Crippen LogP contribution in [0.1, 0.15) is 64.2 Å². The summed E-state index contributed by atoms with van der Waals surface area (Å²) in [6.07, 6.45) is -12.3. The van der Waals surface area contributed by atoms with Gasteiger partial charge in [-0.2, -0.15) is 0 Å². The number of aliphatic carboxylic acids is 15. The molecule has 68 heavy (non-hydrogen) atoms. The van der Waals surface area contributed by atoms with E-state index >= 15 is 0 Å². The summed E-state index contributed by atoms with van der Waals surface area (Å²) in [5.41, 5.74) is -14.2. The first-order valence-electron chi connectivity index (χ1n) is 15.7. The Morgan fingerprint density at radius 1 is 0.250 bits per heavy atom. The predicted molar refractivity (Wildman–Crippen MR) is 170 cm³/mol. The fourth-order valence-electron chi connectivity index (χ4n) is 3.51. The normalized spacial score (nSPS) is 10.4. The van der Waals surface area contributed by atoms with Gasteiger partial charge in [0.15, 0.2) is 16.8 Å². The first kappa shape index (κ1) is 78.6. The van der Waals surface area contributed by atoms with Gasteiger partial charge in [0.25, 0.3) is 0 Å². The number of carboxylic acids is 15. The molecule has 0 atom stereocenters. The summed E-state index contributed by atoms with van der Waals surface area (Å²) >= 11 is 0. The number of hydrogen-bond acceptors (Lipinski definition) is 26. The van der Waals surface area contributed by atoms with Crippen molar-refractivity contribution >= 4 is 89.5 Å². The number of hydrogen-bond donors (Lipinski definition) is 14. The first-order valence-corrected chi connectivity index (χ1v) is 15.7. The maximum Gasteiger partial charge on any atom is 2.00 e. The zero-order valence-electron chi connectivity index (χ0n) is 33.0. The number of carbonyl (C=O) groups excluding carboxylic acids is 6. The van der Waals surface area contributed by atoms with E-state index in [1.54, 1.807) is 0 Å². The Kier molecular flexibility index (Phi) is 40.1. The average Bonchev–Trinajstić information content (AvgIpc) is 3.01. The second kappa shape index (κ2) is 34.7. The van der Waals surface area contributed by atoms with Crippen molar-refractivity contribution in [3.05, 3.63) is 0 Å². The molecule has 38 heteroatoms. The maximum atomic E-state index is 10.3. The molecule has 3 radical (unpaired) electrons. The Morgan fingerprint density at radius 2 is 0.368 bits per heavy atom. The zero-order chi connectivity index (χ0) is 53.2. The van der Waals surface area contributed by atoms with E-state index in [-0.39, 0.29) is 51.2 Å². The molecule has 0 aliphatic rings. The number of aliphatic hydroxyl groups is 5. The van der Waals surface area contributed by atoms with Crippen LogP contribution in [0.2, 0.25) is 0 Å². The monoisotopic (exact) mass is 1120 g/mol. The second-order valence-electron chi connectivity index (χ2n) is 12.3. The molecule has 0 saturated heterocycles. The molecular weight excluding hydrogens is 1090 g/mol. The van der Waals surface area contributed by atoms with Crippen LogP contribution in [0.15, 0.2) is 0 Å². The topological polar surface area (TPSA) is 678 Å². The van der Waals surface area contributed by atoms with Gasteiger partial charge in [-0.05, 0) is 0 Å². The van der Waals surface area contributed by atoms with Gasteiger partial charge in [-0.1, -0.05) is 0 Å². The van der Waals surface area contributed by atoms with Crippen molar-refractivity contribution in [2.45, 2.75) is 92.2 Å². The molecule has 0 rings (SSSR count). The summed E-state index contributed by atoms with van der Waals surface area (Å²) in [4.78, 5) is 151. The molecule has 0 amide bonds. The summed E-state index contributed by atoms with van der Waals surface area (Å²) in [6.45, 7) is 0. The van der Waals surface area contributed by atoms with E-state index in [9.17, 15) is 103 Å². The summed E-state index contributed by atoms with van der Waals surface area (Å²) in [5.74, 6) is -27.0. The maximum absolute atomic E-state index is 10.3. The van der Waals surface area contributed by atoms with Gasteiger partial charge < -0.3 is 131 Å². The molecule has 0 aromatic carbocycles. The van der Waals surface area contributed by atoms with E-state index in [1.807, 2.05) is 0 Å². The molecule has 14 N–H and O–H groups in total. The van der Waals surface area contributed by atoms with Crippen molar-refractivity contribution in [1.29, 1.82) is 0 Å². The minimum Gasteiger partial charge on any atom is -0.550 e. The van der Waals surface area contributed by atoms with Crippen LogP contribution in [0.3, 0.4) is 0 Å². The largest absolute Gasteiger partial charge is 2.00 e. The van der Waals surface area contributed by atoms with Crippen molar-refractivity contribution in [1.82, 2.24) is 0 Å². The van der Waals surface area contributed by atoms with Crippen molar-refractivity contribution in [3.63, 3.8) is 0 Å². The summed E-state index contributed by atoms with van der Waals surface area (Å²) in [6, 6.07) is 0. The number of rotatable bonds is 25. The molecule has 0 bridgehead atoms. The predicted octanol–water partition coefficient (Wildman–Crippen LogP) is -14.3. The SMILES string of the molecule is O=C(O)CC(O)(CC(=O)O)C(=O)O.O=C(O)CC(O)(CC(=O)O)C(=O)O.O=C(O)CC(O)(CC(=O)O)C(=O)O.O=C([O-])CC(O)(CC(=O)[O-])C(=O)[O-].O=C([O-])CC(O)(CC(=O)[O-])C(=O)[O-].[Mn+2].[Mn+2].[Mn+2]. The molecule has 0 heterocycles. The Bertz CT molecular complexity index is 1460. The summed E-state index contributed by atoms with van der Waals surface area (Å²) in [5, 5.41) is 179. The third-order valence-electron chi connectivity index (χ3n) is 6.36. The fraction of sp³-hybridized carbons (Fsp3) is 0.500. The molecule has 0 aromatic rings. The zero-order valence-corrected chi connectivity index (χ0v) is 36.6. The van der Waals surface area contributed by atoms with Gasteiger partial charge >= 0.3 is 105 Å². The van der Waals surface area contributed by atoms with Gasteiger partial charge in [0.1, 0.15) is 11.2 Å². The van der Waals surface area contributed by atoms with Gasteiger partial charge in [-0.15, -0.1) is 0 Å². The Balaban J connectivity index is -0.000000109. The summed E-state index contributed by atoms with van der Waals surface area (Å²) < 4.78 is 0. The number of carboxylic acid groups (broad SMARTS) is 15. The van der Waals surface area contributed by atoms with E-state index in [0.717, 1.165) is 0 Å². The van der Waals surface area contributed by atoms with Crippen molar-refractivity contribution in [2.75, 3.05) is 0 Å². The summed E-state index contributed by atoms with van der Waals surface area (Å²) in [7, 11) is 0. The van der Waals surface area contributed by atoms with Gasteiger partial charge in [0, 0.05) is 49.6 Å². The third-order valence-corrected chi connectivity index (χ3v) is 6.36. The van der Waals surface area contributed by atoms with E-state index in [1.165, 1.54) is 0 Å². The van der Waals surface area contributed by atoms with E-state index in [4.69, 9.17) is 71.5 Å². The average molecular weight is 1120 g/mol. The third kappa shape index (κ3) is 37.6. The molecule has 0 fully saturated rings. The van der Waals surface area contributed by atoms with Crippen LogP contribution in [0.4, 0.5) is 0 Å². The van der Waals surface area contributed by atoms with Crippen LogP contribution in [0, 0.1) is 0 Å². The van der Waals surface area contributed by atoms with E-state index < -0.39 is 182 Å². The van der Waals surface area contributed by atoms with E-state index in [0.29, 0.717) is 0 Å². The standard InChI is InChI=1S/5C6H8O7.3Mn/c5*7-3(8)1-6(13,5(11)12)2-4(9)10;;;/h5*13H,1-2H2,(H,7,8)(H,9,10)(H,11,12);;;/q;;;;;3*+2/p-6. The molecule has 0 saturated carbocycles. The molecule has 0 unspecified atom stereocenters. The minimum atomic E-state index is -2.97. The molecular formula is C30H34Mn3O35.